The number of nitrogens with one attached hydrogen (secondary N) is 1. The summed E-state index contributed by atoms with van der Waals surface area (Å²) in [6.45, 7) is 7.02. The van der Waals surface area contributed by atoms with Crippen LogP contribution in [0.5, 0.6) is 0 Å². The van der Waals surface area contributed by atoms with Gasteiger partial charge in [-0.2, -0.15) is 0 Å². The Morgan fingerprint density at radius 1 is 1.53 bits per heavy atom. The molecule has 1 aromatic heterocycles. The van der Waals surface area contributed by atoms with E-state index < -0.39 is 10.0 Å². The summed E-state index contributed by atoms with van der Waals surface area (Å²) in [6, 6.07) is 3.03. The van der Waals surface area contributed by atoms with Crippen LogP contribution in [0.1, 0.15) is 19.1 Å². The van der Waals surface area contributed by atoms with Gasteiger partial charge in [-0.3, -0.25) is 0 Å². The third kappa shape index (κ3) is 4.04. The fourth-order valence-corrected chi connectivity index (χ4v) is 2.85. The molecular formula is C12H21N3O3S. The molecule has 1 fully saturated rings. The van der Waals surface area contributed by atoms with E-state index >= 15 is 0 Å². The van der Waals surface area contributed by atoms with Crippen molar-refractivity contribution < 1.29 is 12.8 Å². The number of sulfonamides is 1. The van der Waals surface area contributed by atoms with Crippen molar-refractivity contribution >= 4 is 10.0 Å². The number of furan rings is 1. The van der Waals surface area contributed by atoms with E-state index in [2.05, 4.69) is 17.1 Å². The van der Waals surface area contributed by atoms with Crippen molar-refractivity contribution in [1.29, 1.82) is 0 Å². The van der Waals surface area contributed by atoms with Gasteiger partial charge in [-0.25, -0.2) is 13.6 Å². The Hall–Kier alpha value is -0.890. The Bertz CT molecular complexity index is 512. The Morgan fingerprint density at radius 3 is 2.89 bits per heavy atom. The van der Waals surface area contributed by atoms with Gasteiger partial charge in [0.2, 0.25) is 5.09 Å². The van der Waals surface area contributed by atoms with E-state index in [0.717, 1.165) is 19.6 Å². The fraction of sp³-hybridized carbons (Fsp3) is 0.667. The molecular weight excluding hydrogens is 266 g/mol. The van der Waals surface area contributed by atoms with Gasteiger partial charge in [-0.1, -0.05) is 6.92 Å². The zero-order valence-electron chi connectivity index (χ0n) is 11.1. The number of nitrogens with two attached hydrogens (primary N) is 1. The van der Waals surface area contributed by atoms with Crippen molar-refractivity contribution in [3.8, 4) is 0 Å². The fourth-order valence-electron chi connectivity index (χ4n) is 2.37. The summed E-state index contributed by atoms with van der Waals surface area (Å²) >= 11 is 0. The predicted octanol–water partition coefficient (Wildman–Crippen LogP) is 0.358. The third-order valence-corrected chi connectivity index (χ3v) is 4.25. The average molecular weight is 287 g/mol. The molecule has 3 N–H and O–H groups in total. The number of likely N-dealkylation sites (tertiary alicyclic amines) is 1. The van der Waals surface area contributed by atoms with Gasteiger partial charge in [-0.15, -0.1) is 0 Å². The van der Waals surface area contributed by atoms with E-state index in [0.29, 0.717) is 18.2 Å². The summed E-state index contributed by atoms with van der Waals surface area (Å²) in [5, 5.41) is 8.10. The van der Waals surface area contributed by atoms with Crippen LogP contribution in [0.15, 0.2) is 21.6 Å². The van der Waals surface area contributed by atoms with Gasteiger partial charge in [0.05, 0.1) is 6.54 Å². The Morgan fingerprint density at radius 2 is 2.32 bits per heavy atom. The lowest BCUT2D eigenvalue weighted by Gasteiger charge is -2.13. The van der Waals surface area contributed by atoms with Crippen LogP contribution in [0.4, 0.5) is 0 Å². The molecule has 6 nitrogen and oxygen atoms in total. The van der Waals surface area contributed by atoms with Crippen LogP contribution < -0.4 is 10.5 Å². The maximum atomic E-state index is 11.1. The van der Waals surface area contributed by atoms with Gasteiger partial charge in [0.25, 0.3) is 10.0 Å². The Balaban J connectivity index is 1.76. The highest BCUT2D eigenvalue weighted by atomic mass is 32.2. The van der Waals surface area contributed by atoms with E-state index in [1.165, 1.54) is 19.0 Å². The van der Waals surface area contributed by atoms with Gasteiger partial charge < -0.3 is 14.6 Å². The molecule has 0 aliphatic carbocycles. The SMILES string of the molecule is CCN1CCC(CNCc2ccc(S(N)(=O)=O)o2)C1. The van der Waals surface area contributed by atoms with Crippen molar-refractivity contribution in [1.82, 2.24) is 10.2 Å². The van der Waals surface area contributed by atoms with Gasteiger partial charge in [0.15, 0.2) is 0 Å². The van der Waals surface area contributed by atoms with Crippen molar-refractivity contribution in [2.45, 2.75) is 25.0 Å². The monoisotopic (exact) mass is 287 g/mol. The third-order valence-electron chi connectivity index (χ3n) is 3.47. The molecule has 1 aliphatic heterocycles. The molecule has 2 heterocycles. The molecule has 1 aliphatic rings. The Kier molecular flexibility index (Phi) is 4.62. The van der Waals surface area contributed by atoms with Gasteiger partial charge in [0, 0.05) is 6.54 Å². The topological polar surface area (TPSA) is 88.6 Å². The quantitative estimate of drug-likeness (QED) is 0.788. The first-order valence-corrected chi connectivity index (χ1v) is 8.08. The van der Waals surface area contributed by atoms with Crippen LogP contribution in [-0.2, 0) is 16.6 Å². The molecule has 0 spiro atoms. The number of primary sulfonamides is 1. The summed E-state index contributed by atoms with van der Waals surface area (Å²) in [7, 11) is -3.73. The first-order chi connectivity index (χ1) is 8.99. The first-order valence-electron chi connectivity index (χ1n) is 6.53. The summed E-state index contributed by atoms with van der Waals surface area (Å²) in [5.74, 6) is 1.25. The molecule has 0 amide bonds. The lowest BCUT2D eigenvalue weighted by atomic mass is 10.1. The molecule has 0 bridgehead atoms. The maximum Gasteiger partial charge on any atom is 0.271 e. The van der Waals surface area contributed by atoms with Crippen molar-refractivity contribution in [2.24, 2.45) is 11.1 Å². The number of rotatable bonds is 6. The summed E-state index contributed by atoms with van der Waals surface area (Å²) in [6.07, 6.45) is 1.21. The highest BCUT2D eigenvalue weighted by Gasteiger charge is 2.20. The summed E-state index contributed by atoms with van der Waals surface area (Å²) in [5.41, 5.74) is 0. The minimum atomic E-state index is -3.73. The largest absolute Gasteiger partial charge is 0.447 e. The molecule has 7 heteroatoms. The Labute approximate surface area is 114 Å². The zero-order valence-corrected chi connectivity index (χ0v) is 11.9. The van der Waals surface area contributed by atoms with Crippen LogP contribution in [-0.4, -0.2) is 39.5 Å². The zero-order chi connectivity index (χ0) is 13.9. The number of hydrogen-bond acceptors (Lipinski definition) is 5. The lowest BCUT2D eigenvalue weighted by Crippen LogP contribution is -2.26. The van der Waals surface area contributed by atoms with Crippen LogP contribution in [0.3, 0.4) is 0 Å². The van der Waals surface area contributed by atoms with Gasteiger partial charge in [0.1, 0.15) is 5.76 Å². The molecule has 0 radical (unpaired) electrons. The van der Waals surface area contributed by atoms with E-state index in [4.69, 9.17) is 9.56 Å². The second kappa shape index (κ2) is 6.04. The molecule has 1 atom stereocenters. The highest BCUT2D eigenvalue weighted by Crippen LogP contribution is 2.15. The lowest BCUT2D eigenvalue weighted by molar-refractivity contribution is 0.336. The standard InChI is InChI=1S/C12H21N3O3S/c1-2-15-6-5-10(9-15)7-14-8-11-3-4-12(18-11)19(13,16)17/h3-4,10,14H,2,5-9H2,1H3,(H2,13,16,17). The minimum absolute atomic E-state index is 0.178. The van der Waals surface area contributed by atoms with Crippen LogP contribution >= 0.6 is 0 Å². The first kappa shape index (κ1) is 14.5. The normalized spacial score (nSPS) is 21.1. The second-order valence-electron chi connectivity index (χ2n) is 4.94. The molecule has 19 heavy (non-hydrogen) atoms. The maximum absolute atomic E-state index is 11.1. The molecule has 1 unspecified atom stereocenters. The van der Waals surface area contributed by atoms with Crippen molar-refractivity contribution in [3.63, 3.8) is 0 Å². The summed E-state index contributed by atoms with van der Waals surface area (Å²) in [4.78, 5) is 2.43. The number of hydrogen-bond donors (Lipinski definition) is 2. The molecule has 1 aromatic rings. The smallest absolute Gasteiger partial charge is 0.271 e. The van der Waals surface area contributed by atoms with Gasteiger partial charge >= 0.3 is 0 Å². The molecule has 1 saturated heterocycles. The van der Waals surface area contributed by atoms with Gasteiger partial charge in [-0.05, 0) is 44.1 Å². The predicted molar refractivity (Wildman–Crippen MR) is 72.0 cm³/mol. The van der Waals surface area contributed by atoms with Crippen LogP contribution in [0.2, 0.25) is 0 Å². The van der Waals surface area contributed by atoms with E-state index in [-0.39, 0.29) is 5.09 Å². The molecule has 108 valence electrons. The van der Waals surface area contributed by atoms with E-state index in [9.17, 15) is 8.42 Å². The van der Waals surface area contributed by atoms with E-state index in [1.807, 2.05) is 0 Å². The molecule has 0 saturated carbocycles. The average Bonchev–Trinajstić information content (AvgIpc) is 2.96. The molecule has 2 rings (SSSR count). The highest BCUT2D eigenvalue weighted by molar-refractivity contribution is 7.89. The van der Waals surface area contributed by atoms with Crippen molar-refractivity contribution in [3.05, 3.63) is 17.9 Å². The second-order valence-corrected chi connectivity index (χ2v) is 6.44. The number of nitrogens with zero attached hydrogens (tertiary/aromatic N) is 1. The van der Waals surface area contributed by atoms with Crippen molar-refractivity contribution in [2.75, 3.05) is 26.2 Å². The van der Waals surface area contributed by atoms with E-state index in [1.54, 1.807) is 6.07 Å². The summed E-state index contributed by atoms with van der Waals surface area (Å²) < 4.78 is 27.3. The van der Waals surface area contributed by atoms with Crippen LogP contribution in [0.25, 0.3) is 0 Å². The van der Waals surface area contributed by atoms with Crippen LogP contribution in [0, 0.1) is 5.92 Å². The molecule has 0 aromatic carbocycles. The minimum Gasteiger partial charge on any atom is -0.447 e.